The van der Waals surface area contributed by atoms with Crippen molar-refractivity contribution in [3.8, 4) is 0 Å². The molecule has 0 amide bonds. The van der Waals surface area contributed by atoms with Gasteiger partial charge in [0.1, 0.15) is 0 Å². The summed E-state index contributed by atoms with van der Waals surface area (Å²) in [6.07, 6.45) is 1.19. The Labute approximate surface area is 188 Å². The fourth-order valence-corrected chi connectivity index (χ4v) is 5.26. The van der Waals surface area contributed by atoms with Gasteiger partial charge in [-0.15, -0.1) is 0 Å². The highest BCUT2D eigenvalue weighted by molar-refractivity contribution is 5.32. The number of pyridine rings is 2. The first-order valence-corrected chi connectivity index (χ1v) is 11.3. The smallest absolute Gasteiger partial charge is 0.290 e. The van der Waals surface area contributed by atoms with Gasteiger partial charge >= 0.3 is 0 Å². The van der Waals surface area contributed by atoms with Crippen LogP contribution in [0.2, 0.25) is 0 Å². The maximum absolute atomic E-state index is 13.2. The quantitative estimate of drug-likeness (QED) is 0.724. The van der Waals surface area contributed by atoms with Gasteiger partial charge in [0.25, 0.3) is 12.0 Å². The van der Waals surface area contributed by atoms with Crippen molar-refractivity contribution < 1.29 is 14.6 Å². The standard InChI is InChI=1S/C23H30N4O2.CH2O2/c1-17-3-2-4-21(24-17)16-26-12-18-11-20(15-26)22-6-5-19(23(28)27(22)13-18)14-25-7-9-29-10-8-25;2-1-3/h2-6,18,20H,7-16H2,1H3;1H,(H,2,3)/t18-,20+;/m0./s1. The number of hydrogen-bond donors (Lipinski definition) is 1. The van der Waals surface area contributed by atoms with E-state index in [1.54, 1.807) is 0 Å². The van der Waals surface area contributed by atoms with E-state index in [1.165, 1.54) is 12.1 Å². The van der Waals surface area contributed by atoms with E-state index >= 15 is 0 Å². The largest absolute Gasteiger partial charge is 0.483 e. The molecule has 0 radical (unpaired) electrons. The number of rotatable bonds is 4. The van der Waals surface area contributed by atoms with E-state index in [1.807, 2.05) is 13.0 Å². The van der Waals surface area contributed by atoms with Crippen molar-refractivity contribution >= 4 is 6.47 Å². The fraction of sp³-hybridized carbons (Fsp3) is 0.542. The van der Waals surface area contributed by atoms with Crippen molar-refractivity contribution in [2.75, 3.05) is 39.4 Å². The summed E-state index contributed by atoms with van der Waals surface area (Å²) in [7, 11) is 0. The van der Waals surface area contributed by atoms with Gasteiger partial charge in [-0.3, -0.25) is 24.4 Å². The molecule has 2 aromatic heterocycles. The van der Waals surface area contributed by atoms with E-state index < -0.39 is 0 Å². The lowest BCUT2D eigenvalue weighted by Crippen LogP contribution is -2.47. The Balaban J connectivity index is 0.000000775. The van der Waals surface area contributed by atoms with Gasteiger partial charge in [0.2, 0.25) is 0 Å². The topological polar surface area (TPSA) is 87.9 Å². The third-order valence-electron chi connectivity index (χ3n) is 6.59. The molecule has 172 valence electrons. The molecule has 0 aliphatic carbocycles. The van der Waals surface area contributed by atoms with Crippen LogP contribution >= 0.6 is 0 Å². The predicted octanol–water partition coefficient (Wildman–Crippen LogP) is 1.70. The Hall–Kier alpha value is -2.55. The number of carbonyl (C=O) groups is 1. The molecule has 5 rings (SSSR count). The maximum atomic E-state index is 13.2. The molecule has 2 saturated heterocycles. The summed E-state index contributed by atoms with van der Waals surface area (Å²) in [6.45, 7) is 9.69. The van der Waals surface area contributed by atoms with Crippen molar-refractivity contribution in [1.82, 2.24) is 19.4 Å². The maximum Gasteiger partial charge on any atom is 0.290 e. The Kier molecular flexibility index (Phi) is 7.34. The van der Waals surface area contributed by atoms with Gasteiger partial charge in [0, 0.05) is 68.7 Å². The molecule has 2 atom stereocenters. The number of morpholine rings is 1. The van der Waals surface area contributed by atoms with Crippen LogP contribution in [-0.2, 0) is 29.2 Å². The third-order valence-corrected chi connectivity index (χ3v) is 6.59. The Morgan fingerprint density at radius 1 is 1.09 bits per heavy atom. The van der Waals surface area contributed by atoms with Gasteiger partial charge in [-0.1, -0.05) is 12.1 Å². The van der Waals surface area contributed by atoms with E-state index in [2.05, 4.69) is 43.6 Å². The van der Waals surface area contributed by atoms with Gasteiger partial charge in [-0.2, -0.15) is 0 Å². The lowest BCUT2D eigenvalue weighted by atomic mass is 9.83. The predicted molar refractivity (Wildman–Crippen MR) is 121 cm³/mol. The summed E-state index contributed by atoms with van der Waals surface area (Å²) >= 11 is 0. The number of hydrogen-bond acceptors (Lipinski definition) is 6. The monoisotopic (exact) mass is 440 g/mol. The minimum atomic E-state index is -0.250. The van der Waals surface area contributed by atoms with Crippen LogP contribution in [-0.4, -0.2) is 70.3 Å². The number of nitrogens with zero attached hydrogens (tertiary/aromatic N) is 4. The van der Waals surface area contributed by atoms with Gasteiger partial charge in [-0.25, -0.2) is 0 Å². The Bertz CT molecular complexity index is 986. The molecule has 0 saturated carbocycles. The number of piperidine rings is 1. The van der Waals surface area contributed by atoms with Crippen molar-refractivity contribution in [2.45, 2.75) is 38.9 Å². The molecule has 2 fully saturated rings. The lowest BCUT2D eigenvalue weighted by molar-refractivity contribution is -0.122. The summed E-state index contributed by atoms with van der Waals surface area (Å²) in [6, 6.07) is 10.5. The first-order valence-electron chi connectivity index (χ1n) is 11.3. The molecule has 2 aromatic rings. The van der Waals surface area contributed by atoms with E-state index in [4.69, 9.17) is 14.6 Å². The zero-order chi connectivity index (χ0) is 22.5. The van der Waals surface area contributed by atoms with Crippen LogP contribution in [0.25, 0.3) is 0 Å². The van der Waals surface area contributed by atoms with Crippen LogP contribution < -0.4 is 5.56 Å². The molecule has 0 aromatic carbocycles. The Morgan fingerprint density at radius 2 is 1.88 bits per heavy atom. The van der Waals surface area contributed by atoms with Gasteiger partial charge in [0.05, 0.1) is 18.9 Å². The van der Waals surface area contributed by atoms with Crippen molar-refractivity contribution in [2.24, 2.45) is 5.92 Å². The van der Waals surface area contributed by atoms with Gasteiger partial charge < -0.3 is 14.4 Å². The number of ether oxygens (including phenoxy) is 1. The summed E-state index contributed by atoms with van der Waals surface area (Å²) in [5.41, 5.74) is 4.58. The molecule has 8 nitrogen and oxygen atoms in total. The zero-order valence-electron chi connectivity index (χ0n) is 18.7. The number of likely N-dealkylation sites (tertiary alicyclic amines) is 1. The van der Waals surface area contributed by atoms with Crippen LogP contribution in [0, 0.1) is 12.8 Å². The normalized spacial score (nSPS) is 23.0. The number of aromatic nitrogens is 2. The molecule has 32 heavy (non-hydrogen) atoms. The Morgan fingerprint density at radius 3 is 2.62 bits per heavy atom. The molecule has 5 heterocycles. The third kappa shape index (κ3) is 5.26. The van der Waals surface area contributed by atoms with Gasteiger partial charge in [0.15, 0.2) is 0 Å². The number of carboxylic acid groups (broad SMARTS) is 1. The molecular weight excluding hydrogens is 408 g/mol. The SMILES string of the molecule is Cc1cccc(CN2C[C@@H]3C[C@H](C2)c2ccc(CN4CCOCC4)c(=O)n2C3)n1.O=CO. The highest BCUT2D eigenvalue weighted by Crippen LogP contribution is 2.35. The van der Waals surface area contributed by atoms with Crippen LogP contribution in [0.4, 0.5) is 0 Å². The minimum absolute atomic E-state index is 0.220. The zero-order valence-corrected chi connectivity index (χ0v) is 18.7. The van der Waals surface area contributed by atoms with Crippen LogP contribution in [0.1, 0.15) is 35.0 Å². The number of fused-ring (bicyclic) bond motifs is 4. The molecule has 0 unspecified atom stereocenters. The molecule has 1 N–H and O–H groups in total. The highest BCUT2D eigenvalue weighted by Gasteiger charge is 2.35. The number of aryl methyl sites for hydroxylation is 1. The van der Waals surface area contributed by atoms with E-state index in [0.717, 1.165) is 76.0 Å². The molecular formula is C24H32N4O4. The van der Waals surface area contributed by atoms with Crippen molar-refractivity contribution in [3.63, 3.8) is 0 Å². The first-order chi connectivity index (χ1) is 15.6. The van der Waals surface area contributed by atoms with E-state index in [0.29, 0.717) is 11.8 Å². The summed E-state index contributed by atoms with van der Waals surface area (Å²) in [5.74, 6) is 0.986. The van der Waals surface area contributed by atoms with Crippen molar-refractivity contribution in [1.29, 1.82) is 0 Å². The lowest BCUT2D eigenvalue weighted by Gasteiger charge is -2.43. The summed E-state index contributed by atoms with van der Waals surface area (Å²) in [4.78, 5) is 31.1. The minimum Gasteiger partial charge on any atom is -0.483 e. The van der Waals surface area contributed by atoms with Gasteiger partial charge in [-0.05, 0) is 37.5 Å². The summed E-state index contributed by atoms with van der Waals surface area (Å²) in [5, 5.41) is 6.89. The summed E-state index contributed by atoms with van der Waals surface area (Å²) < 4.78 is 7.51. The van der Waals surface area contributed by atoms with E-state index in [-0.39, 0.29) is 12.0 Å². The van der Waals surface area contributed by atoms with Crippen LogP contribution in [0.3, 0.4) is 0 Å². The molecule has 2 bridgehead atoms. The van der Waals surface area contributed by atoms with Crippen molar-refractivity contribution in [3.05, 3.63) is 63.3 Å². The van der Waals surface area contributed by atoms with Crippen LogP contribution in [0.15, 0.2) is 35.1 Å². The second-order valence-electron chi connectivity index (χ2n) is 8.96. The van der Waals surface area contributed by atoms with E-state index in [9.17, 15) is 4.79 Å². The second kappa shape index (κ2) is 10.4. The fourth-order valence-electron chi connectivity index (χ4n) is 5.26. The molecule has 8 heteroatoms. The second-order valence-corrected chi connectivity index (χ2v) is 8.96. The average molecular weight is 441 g/mol. The molecule has 3 aliphatic rings. The molecule has 0 spiro atoms. The van der Waals surface area contributed by atoms with Crippen LogP contribution in [0.5, 0.6) is 0 Å². The molecule has 3 aliphatic heterocycles. The highest BCUT2D eigenvalue weighted by atomic mass is 16.5. The first kappa shape index (κ1) is 22.6. The average Bonchev–Trinajstić information content (AvgIpc) is 2.77.